The van der Waals surface area contributed by atoms with Gasteiger partial charge in [-0.15, -0.1) is 10.2 Å². The number of carbonyl (C=O) groups excluding carboxylic acids is 1. The van der Waals surface area contributed by atoms with E-state index in [1.54, 1.807) is 33.0 Å². The normalized spacial score (nSPS) is 11.6. The van der Waals surface area contributed by atoms with Gasteiger partial charge in [0.15, 0.2) is 0 Å². The molecule has 170 valence electrons. The first-order valence-electron chi connectivity index (χ1n) is 10.0. The molecule has 2 aromatic heterocycles. The molecule has 0 saturated heterocycles. The zero-order chi connectivity index (χ0) is 23.8. The Hall–Kier alpha value is -3.37. The Morgan fingerprint density at radius 1 is 1.24 bits per heavy atom. The highest BCUT2D eigenvalue weighted by atomic mass is 35.5. The fraction of sp³-hybridized carbons (Fsp3) is 0.273. The third-order valence-corrected chi connectivity index (χ3v) is 6.07. The lowest BCUT2D eigenvalue weighted by Gasteiger charge is -2.19. The van der Waals surface area contributed by atoms with Crippen LogP contribution in [0.15, 0.2) is 36.5 Å². The van der Waals surface area contributed by atoms with E-state index >= 15 is 0 Å². The minimum atomic E-state index is -0.643. The zero-order valence-electron chi connectivity index (χ0n) is 18.1. The summed E-state index contributed by atoms with van der Waals surface area (Å²) in [5, 5.41) is 29.4. The van der Waals surface area contributed by atoms with E-state index in [-0.39, 0.29) is 12.1 Å². The third kappa shape index (κ3) is 5.35. The van der Waals surface area contributed by atoms with E-state index < -0.39 is 16.5 Å². The lowest BCUT2D eigenvalue weighted by molar-refractivity contribution is -0.384. The number of H-pyrrole nitrogens is 1. The summed E-state index contributed by atoms with van der Waals surface area (Å²) in [5.74, 6) is -0.462. The lowest BCUT2D eigenvalue weighted by atomic mass is 10.1. The molecule has 0 radical (unpaired) electrons. The van der Waals surface area contributed by atoms with Crippen LogP contribution in [-0.2, 0) is 22.4 Å². The van der Waals surface area contributed by atoms with Crippen LogP contribution in [0.4, 0.5) is 5.69 Å². The standard InChI is InChI=1S/C22H20ClN5O4S/c1-22(2,3)32-19(29)8-12-6-14(9-15(7-12)28(30)31)21-27-26-18(33-21)10-13-4-5-17-16(20(13)23)11-24-25-17/h4-7,9,11H,8,10H2,1-3H3,(H,24,25). The quantitative estimate of drug-likeness (QED) is 0.228. The zero-order valence-corrected chi connectivity index (χ0v) is 19.7. The highest BCUT2D eigenvalue weighted by Gasteiger charge is 2.20. The molecular weight excluding hydrogens is 466 g/mol. The summed E-state index contributed by atoms with van der Waals surface area (Å²) in [4.78, 5) is 23.2. The number of nitro benzene ring substituents is 1. The summed E-state index contributed by atoms with van der Waals surface area (Å²) in [7, 11) is 0. The van der Waals surface area contributed by atoms with Crippen molar-refractivity contribution < 1.29 is 14.5 Å². The van der Waals surface area contributed by atoms with Gasteiger partial charge in [-0.1, -0.05) is 29.0 Å². The highest BCUT2D eigenvalue weighted by molar-refractivity contribution is 7.14. The molecule has 0 fully saturated rings. The van der Waals surface area contributed by atoms with Gasteiger partial charge in [0.2, 0.25) is 0 Å². The molecule has 2 heterocycles. The van der Waals surface area contributed by atoms with Crippen molar-refractivity contribution in [2.45, 2.75) is 39.2 Å². The number of rotatable bonds is 6. The number of aromatic amines is 1. The van der Waals surface area contributed by atoms with Gasteiger partial charge >= 0.3 is 5.97 Å². The minimum Gasteiger partial charge on any atom is -0.460 e. The van der Waals surface area contributed by atoms with Crippen molar-refractivity contribution in [2.75, 3.05) is 0 Å². The number of aromatic nitrogens is 4. The molecule has 9 nitrogen and oxygen atoms in total. The highest BCUT2D eigenvalue weighted by Crippen LogP contribution is 2.32. The summed E-state index contributed by atoms with van der Waals surface area (Å²) in [6.07, 6.45) is 2.04. The average Bonchev–Trinajstić information content (AvgIpc) is 3.38. The van der Waals surface area contributed by atoms with E-state index in [4.69, 9.17) is 16.3 Å². The number of halogens is 1. The molecule has 33 heavy (non-hydrogen) atoms. The Labute approximate surface area is 197 Å². The molecule has 0 aliphatic heterocycles. The Kier molecular flexibility index (Phi) is 6.13. The molecule has 0 saturated carbocycles. The maximum absolute atomic E-state index is 12.2. The Morgan fingerprint density at radius 3 is 2.76 bits per heavy atom. The number of nitrogens with zero attached hydrogens (tertiary/aromatic N) is 4. The monoisotopic (exact) mass is 485 g/mol. The molecule has 0 spiro atoms. The smallest absolute Gasteiger partial charge is 0.310 e. The minimum absolute atomic E-state index is 0.0854. The molecule has 0 amide bonds. The van der Waals surface area contributed by atoms with Gasteiger partial charge < -0.3 is 4.74 Å². The van der Waals surface area contributed by atoms with E-state index in [1.165, 1.54) is 23.5 Å². The Morgan fingerprint density at radius 2 is 2.03 bits per heavy atom. The van der Waals surface area contributed by atoms with Crippen LogP contribution in [0.25, 0.3) is 21.5 Å². The van der Waals surface area contributed by atoms with Crippen molar-refractivity contribution in [1.29, 1.82) is 0 Å². The van der Waals surface area contributed by atoms with E-state index in [0.29, 0.717) is 32.6 Å². The van der Waals surface area contributed by atoms with Gasteiger partial charge in [0.25, 0.3) is 5.69 Å². The van der Waals surface area contributed by atoms with Crippen molar-refractivity contribution in [1.82, 2.24) is 20.4 Å². The first-order chi connectivity index (χ1) is 15.6. The summed E-state index contributed by atoms with van der Waals surface area (Å²) in [6.45, 7) is 5.30. The van der Waals surface area contributed by atoms with E-state index in [9.17, 15) is 14.9 Å². The van der Waals surface area contributed by atoms with Crippen LogP contribution in [0.3, 0.4) is 0 Å². The summed E-state index contributed by atoms with van der Waals surface area (Å²) < 4.78 is 5.34. The molecule has 1 N–H and O–H groups in total. The Balaban J connectivity index is 1.60. The molecule has 0 unspecified atom stereocenters. The number of hydrogen-bond acceptors (Lipinski definition) is 8. The number of esters is 1. The predicted octanol–water partition coefficient (Wildman–Crippen LogP) is 5.12. The predicted molar refractivity (Wildman–Crippen MR) is 125 cm³/mol. The third-order valence-electron chi connectivity index (χ3n) is 4.65. The van der Waals surface area contributed by atoms with Crippen LogP contribution in [0, 0.1) is 10.1 Å². The number of benzene rings is 2. The van der Waals surface area contributed by atoms with E-state index in [0.717, 1.165) is 16.5 Å². The van der Waals surface area contributed by atoms with Crippen LogP contribution >= 0.6 is 22.9 Å². The van der Waals surface area contributed by atoms with Crippen LogP contribution in [0.5, 0.6) is 0 Å². The molecule has 0 aliphatic rings. The van der Waals surface area contributed by atoms with Crippen LogP contribution in [0.1, 0.15) is 36.9 Å². The van der Waals surface area contributed by atoms with E-state index in [1.807, 2.05) is 12.1 Å². The van der Waals surface area contributed by atoms with Crippen molar-refractivity contribution in [3.63, 3.8) is 0 Å². The van der Waals surface area contributed by atoms with Gasteiger partial charge in [-0.25, -0.2) is 0 Å². The number of nitrogens with one attached hydrogen (secondary N) is 1. The second-order valence-electron chi connectivity index (χ2n) is 8.46. The summed E-state index contributed by atoms with van der Waals surface area (Å²) in [5.41, 5.74) is 1.93. The van der Waals surface area contributed by atoms with Gasteiger partial charge in [0.05, 0.1) is 28.1 Å². The van der Waals surface area contributed by atoms with Gasteiger partial charge in [0.1, 0.15) is 15.6 Å². The first kappa shape index (κ1) is 22.8. The summed E-state index contributed by atoms with van der Waals surface area (Å²) in [6, 6.07) is 8.29. The van der Waals surface area contributed by atoms with Gasteiger partial charge in [-0.05, 0) is 44.0 Å². The molecule has 11 heteroatoms. The van der Waals surface area contributed by atoms with Crippen LogP contribution in [0.2, 0.25) is 5.02 Å². The number of fused-ring (bicyclic) bond motifs is 1. The fourth-order valence-electron chi connectivity index (χ4n) is 3.32. The Bertz CT molecular complexity index is 1360. The molecule has 4 aromatic rings. The number of carbonyl (C=O) groups is 1. The van der Waals surface area contributed by atoms with Gasteiger partial charge in [0, 0.05) is 29.5 Å². The number of nitro groups is 1. The van der Waals surface area contributed by atoms with Crippen molar-refractivity contribution >= 4 is 45.5 Å². The first-order valence-corrected chi connectivity index (χ1v) is 11.2. The number of ether oxygens (including phenoxy) is 1. The van der Waals surface area contributed by atoms with Gasteiger partial charge in [-0.3, -0.25) is 20.0 Å². The SMILES string of the molecule is CC(C)(C)OC(=O)Cc1cc(-c2nnc(Cc3ccc4[nH]ncc4c3Cl)s2)cc([N+](=O)[O-])c1. The maximum Gasteiger partial charge on any atom is 0.310 e. The van der Waals surface area contributed by atoms with Crippen molar-refractivity contribution in [2.24, 2.45) is 0 Å². The largest absolute Gasteiger partial charge is 0.460 e. The molecule has 4 rings (SSSR count). The lowest BCUT2D eigenvalue weighted by Crippen LogP contribution is -2.24. The van der Waals surface area contributed by atoms with Crippen LogP contribution < -0.4 is 0 Å². The maximum atomic E-state index is 12.2. The average molecular weight is 486 g/mol. The second-order valence-corrected chi connectivity index (χ2v) is 9.90. The fourth-order valence-corrected chi connectivity index (χ4v) is 4.45. The van der Waals surface area contributed by atoms with Crippen molar-refractivity contribution in [3.05, 3.63) is 67.8 Å². The van der Waals surface area contributed by atoms with Gasteiger partial charge in [-0.2, -0.15) is 5.10 Å². The second kappa shape index (κ2) is 8.87. The van der Waals surface area contributed by atoms with E-state index in [2.05, 4.69) is 20.4 Å². The molecular formula is C22H20ClN5O4S. The molecule has 2 aromatic carbocycles. The molecule has 0 bridgehead atoms. The summed E-state index contributed by atoms with van der Waals surface area (Å²) >= 11 is 7.82. The topological polar surface area (TPSA) is 124 Å². The molecule has 0 aliphatic carbocycles. The number of hydrogen-bond donors (Lipinski definition) is 1. The van der Waals surface area contributed by atoms with Crippen LogP contribution in [-0.4, -0.2) is 36.9 Å². The number of non-ortho nitro benzene ring substituents is 1. The molecule has 0 atom stereocenters. The van der Waals surface area contributed by atoms with Crippen molar-refractivity contribution in [3.8, 4) is 10.6 Å².